The average Bonchev–Trinajstić information content (AvgIpc) is 3.38. The molecule has 1 fully saturated rings. The molecular formula is C28H29NO6. The number of amides is 1. The minimum absolute atomic E-state index is 0.0443. The first-order chi connectivity index (χ1) is 16.6. The van der Waals surface area contributed by atoms with E-state index < -0.39 is 17.7 Å². The maximum atomic E-state index is 13.3. The molecule has 0 bridgehead atoms. The summed E-state index contributed by atoms with van der Waals surface area (Å²) in [5.74, 6) is 0.362. The molecular weight excluding hydrogens is 446 g/mol. The van der Waals surface area contributed by atoms with Crippen LogP contribution >= 0.6 is 0 Å². The number of furan rings is 1. The number of rotatable bonds is 5. The lowest BCUT2D eigenvalue weighted by molar-refractivity contribution is -0.132. The van der Waals surface area contributed by atoms with E-state index in [9.17, 15) is 14.7 Å². The molecule has 2 heterocycles. The van der Waals surface area contributed by atoms with Crippen molar-refractivity contribution in [2.45, 2.75) is 39.2 Å². The van der Waals surface area contributed by atoms with E-state index in [2.05, 4.69) is 0 Å². The summed E-state index contributed by atoms with van der Waals surface area (Å²) in [6.07, 6.45) is 0. The Morgan fingerprint density at radius 2 is 1.74 bits per heavy atom. The number of methoxy groups -OCH3 is 2. The van der Waals surface area contributed by atoms with Crippen molar-refractivity contribution >= 4 is 23.1 Å². The van der Waals surface area contributed by atoms with Crippen molar-refractivity contribution in [2.75, 3.05) is 19.1 Å². The number of benzene rings is 2. The van der Waals surface area contributed by atoms with E-state index in [0.29, 0.717) is 34.3 Å². The largest absolute Gasteiger partial charge is 0.507 e. The fourth-order valence-electron chi connectivity index (χ4n) is 4.33. The Morgan fingerprint density at radius 1 is 1.00 bits per heavy atom. The number of aliphatic hydroxyl groups is 1. The average molecular weight is 476 g/mol. The lowest BCUT2D eigenvalue weighted by Crippen LogP contribution is -2.29. The highest BCUT2D eigenvalue weighted by Crippen LogP contribution is 2.44. The van der Waals surface area contributed by atoms with Gasteiger partial charge in [-0.1, -0.05) is 26.8 Å². The predicted octanol–water partition coefficient (Wildman–Crippen LogP) is 5.53. The molecule has 1 N–H and O–H groups in total. The summed E-state index contributed by atoms with van der Waals surface area (Å²) < 4.78 is 16.7. The van der Waals surface area contributed by atoms with E-state index in [4.69, 9.17) is 13.9 Å². The van der Waals surface area contributed by atoms with Crippen LogP contribution in [-0.2, 0) is 15.0 Å². The van der Waals surface area contributed by atoms with Crippen molar-refractivity contribution in [1.82, 2.24) is 0 Å². The molecule has 0 saturated carbocycles. The highest BCUT2D eigenvalue weighted by atomic mass is 16.5. The van der Waals surface area contributed by atoms with E-state index in [0.717, 1.165) is 5.56 Å². The van der Waals surface area contributed by atoms with Crippen LogP contribution < -0.4 is 14.4 Å². The number of ketones is 1. The quantitative estimate of drug-likeness (QED) is 0.297. The van der Waals surface area contributed by atoms with Gasteiger partial charge < -0.3 is 19.0 Å². The summed E-state index contributed by atoms with van der Waals surface area (Å²) in [6, 6.07) is 14.6. The second-order valence-corrected chi connectivity index (χ2v) is 9.48. The highest BCUT2D eigenvalue weighted by molar-refractivity contribution is 6.51. The summed E-state index contributed by atoms with van der Waals surface area (Å²) in [4.78, 5) is 28.0. The molecule has 1 atom stereocenters. The topological polar surface area (TPSA) is 89.2 Å². The van der Waals surface area contributed by atoms with Gasteiger partial charge in [0.1, 0.15) is 34.8 Å². The monoisotopic (exact) mass is 475 g/mol. The maximum absolute atomic E-state index is 13.3. The molecule has 2 aromatic carbocycles. The van der Waals surface area contributed by atoms with Crippen LogP contribution in [0.4, 0.5) is 5.69 Å². The van der Waals surface area contributed by atoms with E-state index in [1.54, 1.807) is 68.6 Å². The van der Waals surface area contributed by atoms with Crippen molar-refractivity contribution in [1.29, 1.82) is 0 Å². The molecule has 1 aliphatic rings. The summed E-state index contributed by atoms with van der Waals surface area (Å²) in [5, 5.41) is 11.4. The van der Waals surface area contributed by atoms with E-state index in [1.807, 2.05) is 20.8 Å². The molecule has 0 aliphatic carbocycles. The lowest BCUT2D eigenvalue weighted by Gasteiger charge is -2.24. The third-order valence-corrected chi connectivity index (χ3v) is 6.09. The zero-order valence-electron chi connectivity index (χ0n) is 20.7. The Balaban J connectivity index is 1.94. The van der Waals surface area contributed by atoms with Crippen molar-refractivity contribution in [3.63, 3.8) is 0 Å². The van der Waals surface area contributed by atoms with Crippen LogP contribution in [0.1, 0.15) is 49.5 Å². The Morgan fingerprint density at radius 3 is 2.34 bits per heavy atom. The number of aryl methyl sites for hydroxylation is 1. The number of aliphatic hydroxyl groups excluding tert-OH is 1. The van der Waals surface area contributed by atoms with Crippen LogP contribution in [0.2, 0.25) is 0 Å². The first-order valence-electron chi connectivity index (χ1n) is 11.3. The van der Waals surface area contributed by atoms with Gasteiger partial charge >= 0.3 is 0 Å². The van der Waals surface area contributed by atoms with Crippen LogP contribution in [0.5, 0.6) is 11.5 Å². The number of Topliss-reactive ketones (excluding diaryl/α,β-unsaturated/α-hetero) is 1. The van der Waals surface area contributed by atoms with Gasteiger partial charge in [-0.2, -0.15) is 0 Å². The maximum Gasteiger partial charge on any atom is 0.300 e. The van der Waals surface area contributed by atoms with Gasteiger partial charge in [0.2, 0.25) is 0 Å². The number of anilines is 1. The molecule has 0 spiro atoms. The number of carbonyl (C=O) groups excluding carboxylic acids is 2. The minimum Gasteiger partial charge on any atom is -0.507 e. The molecule has 1 amide bonds. The van der Waals surface area contributed by atoms with E-state index in [1.165, 1.54) is 12.0 Å². The number of ether oxygens (including phenoxy) is 2. The van der Waals surface area contributed by atoms with Gasteiger partial charge in [-0.05, 0) is 54.8 Å². The number of hydrogen-bond acceptors (Lipinski definition) is 6. The minimum atomic E-state index is -0.948. The molecule has 35 heavy (non-hydrogen) atoms. The molecule has 7 heteroatoms. The van der Waals surface area contributed by atoms with Gasteiger partial charge in [-0.3, -0.25) is 14.5 Å². The summed E-state index contributed by atoms with van der Waals surface area (Å²) in [5.41, 5.74) is 1.39. The molecule has 1 aromatic heterocycles. The SMILES string of the molecule is COc1cccc(N2C(=O)C(=O)/C(=C(\O)c3ccc(OC)c(C(C)(C)C)c3)C2c2ccc(C)o2)c1. The van der Waals surface area contributed by atoms with Crippen LogP contribution in [0.25, 0.3) is 5.76 Å². The molecule has 4 rings (SSSR count). The van der Waals surface area contributed by atoms with Gasteiger partial charge in [0.15, 0.2) is 0 Å². The van der Waals surface area contributed by atoms with Gasteiger partial charge in [-0.25, -0.2) is 0 Å². The van der Waals surface area contributed by atoms with Crippen molar-refractivity contribution in [3.05, 3.63) is 82.8 Å². The van der Waals surface area contributed by atoms with Gasteiger partial charge in [0, 0.05) is 22.9 Å². The van der Waals surface area contributed by atoms with Crippen molar-refractivity contribution in [2.24, 2.45) is 0 Å². The van der Waals surface area contributed by atoms with Gasteiger partial charge in [-0.15, -0.1) is 0 Å². The molecule has 1 aliphatic heterocycles. The second-order valence-electron chi connectivity index (χ2n) is 9.48. The third kappa shape index (κ3) is 4.30. The predicted molar refractivity (Wildman–Crippen MR) is 133 cm³/mol. The van der Waals surface area contributed by atoms with Gasteiger partial charge in [0.25, 0.3) is 11.7 Å². The Labute approximate surface area is 204 Å². The van der Waals surface area contributed by atoms with E-state index in [-0.39, 0.29) is 16.7 Å². The molecule has 0 radical (unpaired) electrons. The van der Waals surface area contributed by atoms with Crippen LogP contribution in [0.3, 0.4) is 0 Å². The zero-order valence-corrected chi connectivity index (χ0v) is 20.7. The third-order valence-electron chi connectivity index (χ3n) is 6.09. The number of carbonyl (C=O) groups is 2. The molecule has 182 valence electrons. The number of hydrogen-bond donors (Lipinski definition) is 1. The van der Waals surface area contributed by atoms with Gasteiger partial charge in [0.05, 0.1) is 19.8 Å². The molecule has 7 nitrogen and oxygen atoms in total. The van der Waals surface area contributed by atoms with Crippen LogP contribution in [-0.4, -0.2) is 31.0 Å². The Bertz CT molecular complexity index is 1330. The zero-order chi connectivity index (χ0) is 25.5. The fraction of sp³-hybridized carbons (Fsp3) is 0.286. The van der Waals surface area contributed by atoms with Crippen LogP contribution in [0.15, 0.2) is 64.6 Å². The lowest BCUT2D eigenvalue weighted by atomic mass is 9.84. The second kappa shape index (κ2) is 8.98. The molecule has 3 aromatic rings. The fourth-order valence-corrected chi connectivity index (χ4v) is 4.33. The standard InChI is InChI=1S/C28H29NO6/c1-16-10-12-22(35-16)24-23(25(30)17-11-13-21(34-6)20(14-17)28(2,3)4)26(31)27(32)29(24)18-8-7-9-19(15-18)33-5/h7-15,24,30H,1-6H3/b25-23-. The Kier molecular flexibility index (Phi) is 6.19. The summed E-state index contributed by atoms with van der Waals surface area (Å²) in [7, 11) is 3.11. The Hall–Kier alpha value is -4.00. The van der Waals surface area contributed by atoms with Crippen LogP contribution in [0, 0.1) is 6.92 Å². The van der Waals surface area contributed by atoms with Crippen molar-refractivity contribution in [3.8, 4) is 11.5 Å². The first-order valence-corrected chi connectivity index (χ1v) is 11.3. The summed E-state index contributed by atoms with van der Waals surface area (Å²) >= 11 is 0. The first kappa shape index (κ1) is 24.1. The van der Waals surface area contributed by atoms with E-state index >= 15 is 0 Å². The normalized spacial score (nSPS) is 17.7. The number of nitrogens with zero attached hydrogens (tertiary/aromatic N) is 1. The van der Waals surface area contributed by atoms with Crippen molar-refractivity contribution < 1.29 is 28.6 Å². The summed E-state index contributed by atoms with van der Waals surface area (Å²) in [6.45, 7) is 7.87. The molecule has 1 unspecified atom stereocenters. The smallest absolute Gasteiger partial charge is 0.300 e. The highest BCUT2D eigenvalue weighted by Gasteiger charge is 2.48. The molecule has 1 saturated heterocycles.